The third kappa shape index (κ3) is 5.12. The van der Waals surface area contributed by atoms with Crippen LogP contribution in [-0.4, -0.2) is 24.3 Å². The quantitative estimate of drug-likeness (QED) is 0.811. The Hall–Kier alpha value is -2.00. The van der Waals surface area contributed by atoms with Crippen molar-refractivity contribution in [1.29, 1.82) is 0 Å². The number of hydrogen-bond acceptors (Lipinski definition) is 2. The molecule has 0 saturated carbocycles. The number of ketones is 1. The average Bonchev–Trinajstić information content (AvgIpc) is 2.44. The fourth-order valence-corrected chi connectivity index (χ4v) is 2.25. The molecule has 0 aliphatic carbocycles. The number of carbonyl (C=O) groups excluding carboxylic acids is 1. The highest BCUT2D eigenvalue weighted by Crippen LogP contribution is 2.07. The van der Waals surface area contributed by atoms with Gasteiger partial charge in [0.15, 0.2) is 5.78 Å². The van der Waals surface area contributed by atoms with Crippen molar-refractivity contribution in [3.05, 3.63) is 71.0 Å². The minimum absolute atomic E-state index is 0.135. The van der Waals surface area contributed by atoms with Crippen LogP contribution in [0.3, 0.4) is 0 Å². The molecule has 0 aliphatic heterocycles. The van der Waals surface area contributed by atoms with Gasteiger partial charge in [0.25, 0.3) is 0 Å². The Morgan fingerprint density at radius 1 is 1.00 bits per heavy atom. The highest BCUT2D eigenvalue weighted by atomic mass is 19.1. The van der Waals surface area contributed by atoms with Crippen LogP contribution in [0.2, 0.25) is 0 Å². The molecule has 110 valence electrons. The SMILES string of the molecule is Cc1ccc(CN(C)CC(=O)Cc2ccc(F)cc2)cc1. The first-order valence-electron chi connectivity index (χ1n) is 7.03. The van der Waals surface area contributed by atoms with Gasteiger partial charge in [-0.2, -0.15) is 0 Å². The number of hydrogen-bond donors (Lipinski definition) is 0. The van der Waals surface area contributed by atoms with Crippen molar-refractivity contribution in [2.75, 3.05) is 13.6 Å². The van der Waals surface area contributed by atoms with Crippen molar-refractivity contribution in [3.8, 4) is 0 Å². The lowest BCUT2D eigenvalue weighted by molar-refractivity contribution is -0.119. The van der Waals surface area contributed by atoms with Gasteiger partial charge >= 0.3 is 0 Å². The molecule has 0 aliphatic rings. The lowest BCUT2D eigenvalue weighted by Gasteiger charge is -2.16. The van der Waals surface area contributed by atoms with E-state index in [4.69, 9.17) is 0 Å². The number of rotatable bonds is 6. The Labute approximate surface area is 125 Å². The predicted molar refractivity (Wildman–Crippen MR) is 82.6 cm³/mol. The van der Waals surface area contributed by atoms with E-state index in [1.54, 1.807) is 12.1 Å². The van der Waals surface area contributed by atoms with Crippen LogP contribution in [0.15, 0.2) is 48.5 Å². The summed E-state index contributed by atoms with van der Waals surface area (Å²) < 4.78 is 12.8. The molecule has 21 heavy (non-hydrogen) atoms. The molecule has 0 heterocycles. The predicted octanol–water partition coefficient (Wildman–Crippen LogP) is 3.38. The fraction of sp³-hybridized carbons (Fsp3) is 0.278. The smallest absolute Gasteiger partial charge is 0.151 e. The lowest BCUT2D eigenvalue weighted by Crippen LogP contribution is -2.26. The maximum absolute atomic E-state index is 12.8. The number of likely N-dealkylation sites (N-methyl/N-ethyl adjacent to an activating group) is 1. The molecule has 0 spiro atoms. The molecular weight excluding hydrogens is 265 g/mol. The van der Waals surface area contributed by atoms with E-state index in [9.17, 15) is 9.18 Å². The molecule has 2 aromatic carbocycles. The van der Waals surface area contributed by atoms with Crippen LogP contribution in [0.4, 0.5) is 4.39 Å². The maximum Gasteiger partial charge on any atom is 0.151 e. The minimum Gasteiger partial charge on any atom is -0.298 e. The van der Waals surface area contributed by atoms with Gasteiger partial charge in [0, 0.05) is 13.0 Å². The summed E-state index contributed by atoms with van der Waals surface area (Å²) in [5, 5.41) is 0. The van der Waals surface area contributed by atoms with E-state index in [0.29, 0.717) is 13.0 Å². The topological polar surface area (TPSA) is 20.3 Å². The molecule has 0 fully saturated rings. The standard InChI is InChI=1S/C18H20FNO/c1-14-3-5-16(6-4-14)12-20(2)13-18(21)11-15-7-9-17(19)10-8-15/h3-10H,11-13H2,1-2H3. The summed E-state index contributed by atoms with van der Waals surface area (Å²) in [6, 6.07) is 14.4. The first-order chi connectivity index (χ1) is 10.0. The molecule has 0 saturated heterocycles. The van der Waals surface area contributed by atoms with E-state index in [-0.39, 0.29) is 11.6 Å². The van der Waals surface area contributed by atoms with Crippen LogP contribution in [0.1, 0.15) is 16.7 Å². The Bertz CT molecular complexity index is 590. The zero-order chi connectivity index (χ0) is 15.2. The van der Waals surface area contributed by atoms with Crippen LogP contribution in [0, 0.1) is 12.7 Å². The monoisotopic (exact) mass is 285 g/mol. The van der Waals surface area contributed by atoms with Crippen molar-refractivity contribution in [2.45, 2.75) is 19.9 Å². The number of benzene rings is 2. The minimum atomic E-state index is -0.275. The number of nitrogens with zero attached hydrogens (tertiary/aromatic N) is 1. The van der Waals surface area contributed by atoms with Gasteiger partial charge in [-0.15, -0.1) is 0 Å². The van der Waals surface area contributed by atoms with E-state index >= 15 is 0 Å². The van der Waals surface area contributed by atoms with E-state index in [1.165, 1.54) is 23.3 Å². The van der Waals surface area contributed by atoms with Crippen LogP contribution in [-0.2, 0) is 17.8 Å². The summed E-state index contributed by atoms with van der Waals surface area (Å²) in [6.45, 7) is 3.19. The zero-order valence-corrected chi connectivity index (χ0v) is 12.5. The van der Waals surface area contributed by atoms with E-state index in [0.717, 1.165) is 12.1 Å². The molecule has 0 amide bonds. The van der Waals surface area contributed by atoms with Crippen LogP contribution in [0.5, 0.6) is 0 Å². The van der Waals surface area contributed by atoms with E-state index in [1.807, 2.05) is 11.9 Å². The summed E-state index contributed by atoms with van der Waals surface area (Å²) in [5.74, 6) is -0.140. The van der Waals surface area contributed by atoms with Gasteiger partial charge in [-0.3, -0.25) is 9.69 Å². The molecule has 2 rings (SSSR count). The van der Waals surface area contributed by atoms with Crippen molar-refractivity contribution in [1.82, 2.24) is 4.90 Å². The van der Waals surface area contributed by atoms with Gasteiger partial charge in [0.2, 0.25) is 0 Å². The third-order valence-corrected chi connectivity index (χ3v) is 3.33. The molecule has 0 radical (unpaired) electrons. The van der Waals surface area contributed by atoms with Gasteiger partial charge in [-0.25, -0.2) is 4.39 Å². The molecule has 0 bridgehead atoms. The summed E-state index contributed by atoms with van der Waals surface area (Å²) in [6.07, 6.45) is 0.346. The Balaban J connectivity index is 1.84. The molecule has 0 atom stereocenters. The van der Waals surface area contributed by atoms with E-state index in [2.05, 4.69) is 31.2 Å². The van der Waals surface area contributed by atoms with Gasteiger partial charge < -0.3 is 0 Å². The van der Waals surface area contributed by atoms with Crippen molar-refractivity contribution >= 4 is 5.78 Å². The first-order valence-corrected chi connectivity index (χ1v) is 7.03. The molecule has 2 aromatic rings. The van der Waals surface area contributed by atoms with Gasteiger partial charge in [-0.1, -0.05) is 42.0 Å². The van der Waals surface area contributed by atoms with Gasteiger partial charge in [0.05, 0.1) is 6.54 Å². The first kappa shape index (κ1) is 15.4. The Kier molecular flexibility index (Phi) is 5.23. The molecule has 0 N–H and O–H groups in total. The Morgan fingerprint density at radius 3 is 2.19 bits per heavy atom. The average molecular weight is 285 g/mol. The maximum atomic E-state index is 12.8. The highest BCUT2D eigenvalue weighted by Gasteiger charge is 2.08. The molecule has 2 nitrogen and oxygen atoms in total. The number of Topliss-reactive ketones (excluding diaryl/α,β-unsaturated/α-hetero) is 1. The molecular formula is C18H20FNO. The highest BCUT2D eigenvalue weighted by molar-refractivity contribution is 5.82. The summed E-state index contributed by atoms with van der Waals surface area (Å²) in [5.41, 5.74) is 3.27. The van der Waals surface area contributed by atoms with Crippen LogP contribution < -0.4 is 0 Å². The van der Waals surface area contributed by atoms with Crippen molar-refractivity contribution in [3.63, 3.8) is 0 Å². The summed E-state index contributed by atoms with van der Waals surface area (Å²) in [4.78, 5) is 14.0. The van der Waals surface area contributed by atoms with Gasteiger partial charge in [0.1, 0.15) is 5.82 Å². The van der Waals surface area contributed by atoms with Crippen LogP contribution >= 0.6 is 0 Å². The second-order valence-electron chi connectivity index (χ2n) is 5.50. The molecule has 0 unspecified atom stereocenters. The molecule has 3 heteroatoms. The zero-order valence-electron chi connectivity index (χ0n) is 12.5. The van der Waals surface area contributed by atoms with Crippen molar-refractivity contribution < 1.29 is 9.18 Å². The van der Waals surface area contributed by atoms with Gasteiger partial charge in [-0.05, 0) is 37.2 Å². The third-order valence-electron chi connectivity index (χ3n) is 3.33. The van der Waals surface area contributed by atoms with Crippen molar-refractivity contribution in [2.24, 2.45) is 0 Å². The summed E-state index contributed by atoms with van der Waals surface area (Å²) in [7, 11) is 1.93. The van der Waals surface area contributed by atoms with E-state index < -0.39 is 0 Å². The second-order valence-corrected chi connectivity index (χ2v) is 5.50. The summed E-state index contributed by atoms with van der Waals surface area (Å²) >= 11 is 0. The normalized spacial score (nSPS) is 10.9. The largest absolute Gasteiger partial charge is 0.298 e. The van der Waals surface area contributed by atoms with Crippen LogP contribution in [0.25, 0.3) is 0 Å². The number of carbonyl (C=O) groups is 1. The Morgan fingerprint density at radius 2 is 1.57 bits per heavy atom. The number of halogens is 1. The lowest BCUT2D eigenvalue weighted by atomic mass is 10.1. The fourth-order valence-electron chi connectivity index (χ4n) is 2.25. The second kappa shape index (κ2) is 7.14. The number of aryl methyl sites for hydroxylation is 1. The molecule has 0 aromatic heterocycles.